The SMILES string of the molecule is CCNCCCCCCCCCCCC(=O)NCCCCCCCCCCCCNCCCCC(C)C. The molecule has 4 nitrogen and oxygen atoms in total. The highest BCUT2D eigenvalue weighted by atomic mass is 16.1. The summed E-state index contributed by atoms with van der Waals surface area (Å²) in [6, 6.07) is 0. The van der Waals surface area contributed by atoms with Crippen molar-refractivity contribution in [2.75, 3.05) is 32.7 Å². The molecule has 3 N–H and O–H groups in total. The predicted octanol–water partition coefficient (Wildman–Crippen LogP) is 8.93. The number of nitrogens with one attached hydrogen (secondary N) is 3. The molecule has 0 saturated carbocycles. The largest absolute Gasteiger partial charge is 0.356 e. The third kappa shape index (κ3) is 33.4. The molecule has 1 amide bonds. The van der Waals surface area contributed by atoms with Crippen molar-refractivity contribution < 1.29 is 4.79 Å². The summed E-state index contributed by atoms with van der Waals surface area (Å²) in [6.07, 6.45) is 29.9. The van der Waals surface area contributed by atoms with E-state index in [1.54, 1.807) is 0 Å². The zero-order valence-electron chi connectivity index (χ0n) is 25.8. The van der Waals surface area contributed by atoms with Crippen LogP contribution in [0.5, 0.6) is 0 Å². The second kappa shape index (κ2) is 31.6. The third-order valence-corrected chi connectivity index (χ3v) is 7.49. The molecule has 4 heteroatoms. The first-order valence-electron chi connectivity index (χ1n) is 16.8. The highest BCUT2D eigenvalue weighted by Crippen LogP contribution is 2.12. The topological polar surface area (TPSA) is 53.2 Å². The highest BCUT2D eigenvalue weighted by Gasteiger charge is 2.01. The van der Waals surface area contributed by atoms with Gasteiger partial charge < -0.3 is 16.0 Å². The Morgan fingerprint density at radius 2 is 0.865 bits per heavy atom. The van der Waals surface area contributed by atoms with Crippen LogP contribution in [-0.4, -0.2) is 38.6 Å². The van der Waals surface area contributed by atoms with Gasteiger partial charge in [-0.15, -0.1) is 0 Å². The van der Waals surface area contributed by atoms with E-state index in [0.29, 0.717) is 0 Å². The zero-order valence-corrected chi connectivity index (χ0v) is 25.8. The molecule has 0 radical (unpaired) electrons. The van der Waals surface area contributed by atoms with E-state index in [-0.39, 0.29) is 5.91 Å². The summed E-state index contributed by atoms with van der Waals surface area (Å²) in [5, 5.41) is 10.1. The fourth-order valence-corrected chi connectivity index (χ4v) is 4.98. The number of hydrogen-bond acceptors (Lipinski definition) is 3. The minimum Gasteiger partial charge on any atom is -0.356 e. The summed E-state index contributed by atoms with van der Waals surface area (Å²) >= 11 is 0. The number of unbranched alkanes of at least 4 members (excludes halogenated alkanes) is 18. The standard InChI is InChI=1S/C33H69N3O/c1-4-34-28-22-17-13-10-7-8-12-16-20-27-33(37)36-31-24-19-15-11-6-5-9-14-18-23-29-35-30-25-21-26-32(2)3/h32,34-35H,4-31H2,1-3H3,(H,36,37). The molecule has 0 fully saturated rings. The number of hydrogen-bond donors (Lipinski definition) is 3. The van der Waals surface area contributed by atoms with Gasteiger partial charge in [0.25, 0.3) is 0 Å². The molecule has 0 aromatic heterocycles. The number of carbonyl (C=O) groups is 1. The van der Waals surface area contributed by atoms with Gasteiger partial charge >= 0.3 is 0 Å². The molecule has 0 atom stereocenters. The maximum Gasteiger partial charge on any atom is 0.219 e. The van der Waals surface area contributed by atoms with E-state index < -0.39 is 0 Å². The minimum atomic E-state index is 0.266. The fourth-order valence-electron chi connectivity index (χ4n) is 4.98. The maximum absolute atomic E-state index is 12.0. The van der Waals surface area contributed by atoms with Crippen LogP contribution in [0.1, 0.15) is 168 Å². The second-order valence-electron chi connectivity index (χ2n) is 11.8. The van der Waals surface area contributed by atoms with E-state index in [0.717, 1.165) is 38.3 Å². The third-order valence-electron chi connectivity index (χ3n) is 7.49. The smallest absolute Gasteiger partial charge is 0.219 e. The average Bonchev–Trinajstić information content (AvgIpc) is 2.88. The molecular formula is C33H69N3O. The first-order chi connectivity index (χ1) is 18.2. The Bertz CT molecular complexity index is 441. The summed E-state index contributed by atoms with van der Waals surface area (Å²) in [7, 11) is 0. The molecule has 0 unspecified atom stereocenters. The second-order valence-corrected chi connectivity index (χ2v) is 11.8. The van der Waals surface area contributed by atoms with Gasteiger partial charge in [0.15, 0.2) is 0 Å². The van der Waals surface area contributed by atoms with Crippen LogP contribution in [-0.2, 0) is 4.79 Å². The van der Waals surface area contributed by atoms with Crippen molar-refractivity contribution >= 4 is 5.91 Å². The van der Waals surface area contributed by atoms with Crippen molar-refractivity contribution in [3.8, 4) is 0 Å². The van der Waals surface area contributed by atoms with Crippen molar-refractivity contribution in [3.63, 3.8) is 0 Å². The Morgan fingerprint density at radius 3 is 1.32 bits per heavy atom. The first kappa shape index (κ1) is 36.4. The van der Waals surface area contributed by atoms with Gasteiger partial charge in [-0.1, -0.05) is 130 Å². The molecule has 0 spiro atoms. The van der Waals surface area contributed by atoms with E-state index in [1.807, 2.05) is 0 Å². The molecular weight excluding hydrogens is 454 g/mol. The zero-order chi connectivity index (χ0) is 27.1. The molecule has 0 rings (SSSR count). The Labute approximate surface area is 233 Å². The fraction of sp³-hybridized carbons (Fsp3) is 0.970. The van der Waals surface area contributed by atoms with Gasteiger partial charge in [0.2, 0.25) is 5.91 Å². The summed E-state index contributed by atoms with van der Waals surface area (Å²) in [6.45, 7) is 12.4. The monoisotopic (exact) mass is 524 g/mol. The molecule has 0 aromatic carbocycles. The van der Waals surface area contributed by atoms with Crippen LogP contribution in [0.3, 0.4) is 0 Å². The predicted molar refractivity (Wildman–Crippen MR) is 165 cm³/mol. The van der Waals surface area contributed by atoms with E-state index in [2.05, 4.69) is 36.7 Å². The number of carbonyl (C=O) groups excluding carboxylic acids is 1. The lowest BCUT2D eigenvalue weighted by molar-refractivity contribution is -0.121. The van der Waals surface area contributed by atoms with Gasteiger partial charge in [-0.05, 0) is 64.2 Å². The van der Waals surface area contributed by atoms with E-state index in [9.17, 15) is 4.79 Å². The molecule has 222 valence electrons. The van der Waals surface area contributed by atoms with Gasteiger partial charge in [0, 0.05) is 13.0 Å². The van der Waals surface area contributed by atoms with Gasteiger partial charge in [-0.3, -0.25) is 4.79 Å². The van der Waals surface area contributed by atoms with Crippen molar-refractivity contribution in [3.05, 3.63) is 0 Å². The summed E-state index contributed by atoms with van der Waals surface area (Å²) < 4.78 is 0. The van der Waals surface area contributed by atoms with Crippen LogP contribution < -0.4 is 16.0 Å². The molecule has 0 aliphatic carbocycles. The summed E-state index contributed by atoms with van der Waals surface area (Å²) in [5.74, 6) is 1.12. The van der Waals surface area contributed by atoms with Crippen molar-refractivity contribution in [2.24, 2.45) is 5.92 Å². The van der Waals surface area contributed by atoms with Crippen LogP contribution in [0.15, 0.2) is 0 Å². The van der Waals surface area contributed by atoms with E-state index in [1.165, 1.54) is 148 Å². The Balaban J connectivity index is 3.14. The summed E-state index contributed by atoms with van der Waals surface area (Å²) in [5.41, 5.74) is 0. The molecule has 0 aliphatic heterocycles. The molecule has 0 saturated heterocycles. The van der Waals surface area contributed by atoms with Gasteiger partial charge in [-0.25, -0.2) is 0 Å². The van der Waals surface area contributed by atoms with Crippen LogP contribution in [0.4, 0.5) is 0 Å². The minimum absolute atomic E-state index is 0.266. The van der Waals surface area contributed by atoms with Crippen LogP contribution >= 0.6 is 0 Å². The van der Waals surface area contributed by atoms with Crippen LogP contribution in [0, 0.1) is 5.92 Å². The Kier molecular flexibility index (Phi) is 31.1. The first-order valence-corrected chi connectivity index (χ1v) is 16.8. The van der Waals surface area contributed by atoms with Crippen LogP contribution in [0.2, 0.25) is 0 Å². The number of amides is 1. The van der Waals surface area contributed by atoms with Crippen molar-refractivity contribution in [1.82, 2.24) is 16.0 Å². The Morgan fingerprint density at radius 1 is 0.486 bits per heavy atom. The molecule has 0 heterocycles. The quantitative estimate of drug-likeness (QED) is 0.0795. The van der Waals surface area contributed by atoms with E-state index in [4.69, 9.17) is 0 Å². The summed E-state index contributed by atoms with van der Waals surface area (Å²) in [4.78, 5) is 12.0. The van der Waals surface area contributed by atoms with Crippen molar-refractivity contribution in [2.45, 2.75) is 168 Å². The van der Waals surface area contributed by atoms with E-state index >= 15 is 0 Å². The normalized spacial score (nSPS) is 11.5. The molecule has 0 bridgehead atoms. The molecule has 0 aliphatic rings. The van der Waals surface area contributed by atoms with Crippen molar-refractivity contribution in [1.29, 1.82) is 0 Å². The maximum atomic E-state index is 12.0. The average molecular weight is 524 g/mol. The highest BCUT2D eigenvalue weighted by molar-refractivity contribution is 5.75. The Hall–Kier alpha value is -0.610. The lowest BCUT2D eigenvalue weighted by Gasteiger charge is -2.07. The van der Waals surface area contributed by atoms with Crippen LogP contribution in [0.25, 0.3) is 0 Å². The molecule has 0 aromatic rings. The lowest BCUT2D eigenvalue weighted by Crippen LogP contribution is -2.23. The van der Waals surface area contributed by atoms with Gasteiger partial charge in [-0.2, -0.15) is 0 Å². The number of rotatable bonds is 31. The van der Waals surface area contributed by atoms with Gasteiger partial charge in [0.1, 0.15) is 0 Å². The van der Waals surface area contributed by atoms with Gasteiger partial charge in [0.05, 0.1) is 0 Å². The molecule has 37 heavy (non-hydrogen) atoms. The lowest BCUT2D eigenvalue weighted by atomic mass is 10.1.